The molecule has 3 aromatic rings. The highest BCUT2D eigenvalue weighted by atomic mass is 15.4. The van der Waals surface area contributed by atoms with Crippen molar-refractivity contribution in [3.8, 4) is 0 Å². The van der Waals surface area contributed by atoms with Crippen molar-refractivity contribution in [3.63, 3.8) is 0 Å². The molecule has 0 spiro atoms. The summed E-state index contributed by atoms with van der Waals surface area (Å²) in [6.07, 6.45) is 6.28. The molecule has 4 unspecified atom stereocenters. The second kappa shape index (κ2) is 9.81. The summed E-state index contributed by atoms with van der Waals surface area (Å²) >= 11 is 0. The second-order valence-electron chi connectivity index (χ2n) is 12.3. The number of nitrogens with two attached hydrogens (primary N) is 1. The molecule has 3 saturated carbocycles. The molecule has 4 heteroatoms. The summed E-state index contributed by atoms with van der Waals surface area (Å²) in [6.45, 7) is 8.93. The Balaban J connectivity index is 0.973. The maximum absolute atomic E-state index is 6.57. The number of aryl methyl sites for hydroxylation is 1. The van der Waals surface area contributed by atoms with Gasteiger partial charge >= 0.3 is 0 Å². The quantitative estimate of drug-likeness (QED) is 0.291. The normalized spacial score (nSPS) is 31.1. The van der Waals surface area contributed by atoms with Gasteiger partial charge in [-0.3, -0.25) is 14.8 Å². The molecule has 1 heterocycles. The summed E-state index contributed by atoms with van der Waals surface area (Å²) in [5, 5.41) is 2.57. The second-order valence-corrected chi connectivity index (χ2v) is 12.3. The highest BCUT2D eigenvalue weighted by molar-refractivity contribution is 5.86. The maximum atomic E-state index is 6.57. The van der Waals surface area contributed by atoms with Gasteiger partial charge in [0.2, 0.25) is 0 Å². The van der Waals surface area contributed by atoms with Crippen molar-refractivity contribution in [2.45, 2.75) is 57.7 Å². The average molecular weight is 507 g/mol. The van der Waals surface area contributed by atoms with Crippen LogP contribution in [0.1, 0.15) is 49.3 Å². The minimum absolute atomic E-state index is 0.506. The monoisotopic (exact) mass is 506 g/mol. The van der Waals surface area contributed by atoms with Crippen LogP contribution in [0.3, 0.4) is 0 Å². The van der Waals surface area contributed by atoms with E-state index >= 15 is 0 Å². The van der Waals surface area contributed by atoms with Crippen LogP contribution in [0, 0.1) is 23.7 Å². The Hall–Kier alpha value is -2.69. The Labute approximate surface area is 227 Å². The molecule has 0 amide bonds. The van der Waals surface area contributed by atoms with E-state index in [1.165, 1.54) is 72.9 Å². The van der Waals surface area contributed by atoms with E-state index in [1.54, 1.807) is 0 Å². The Kier molecular flexibility index (Phi) is 6.28. The Morgan fingerprint density at radius 3 is 2.26 bits per heavy atom. The zero-order valence-electron chi connectivity index (χ0n) is 22.9. The zero-order valence-corrected chi connectivity index (χ0v) is 22.9. The van der Waals surface area contributed by atoms with Gasteiger partial charge in [-0.1, -0.05) is 73.7 Å². The highest BCUT2D eigenvalue weighted by Gasteiger charge is 2.82. The third-order valence-corrected chi connectivity index (χ3v) is 10.5. The van der Waals surface area contributed by atoms with Crippen LogP contribution in [0.15, 0.2) is 71.7 Å². The number of fused-ring (bicyclic) bond motifs is 2. The molecule has 5 atom stereocenters. The molecule has 198 valence electrons. The summed E-state index contributed by atoms with van der Waals surface area (Å²) in [4.78, 5) is 10.5. The van der Waals surface area contributed by atoms with Crippen LogP contribution < -0.4 is 5.73 Å². The van der Waals surface area contributed by atoms with Gasteiger partial charge in [0.1, 0.15) is 0 Å². The van der Waals surface area contributed by atoms with Crippen molar-refractivity contribution in [3.05, 3.63) is 83.4 Å². The van der Waals surface area contributed by atoms with Gasteiger partial charge in [0.15, 0.2) is 0 Å². The molecule has 7 rings (SSSR count). The molecular weight excluding hydrogens is 464 g/mol. The van der Waals surface area contributed by atoms with Gasteiger partial charge in [-0.2, -0.15) is 0 Å². The zero-order chi connectivity index (χ0) is 25.7. The smallest absolute Gasteiger partial charge is 0.0944 e. The van der Waals surface area contributed by atoms with E-state index in [4.69, 9.17) is 10.7 Å². The van der Waals surface area contributed by atoms with Crippen molar-refractivity contribution >= 4 is 16.6 Å². The van der Waals surface area contributed by atoms with Gasteiger partial charge in [0.25, 0.3) is 0 Å². The Morgan fingerprint density at radius 2 is 1.55 bits per heavy atom. The van der Waals surface area contributed by atoms with E-state index in [0.29, 0.717) is 18.0 Å². The van der Waals surface area contributed by atoms with Crippen LogP contribution >= 0.6 is 0 Å². The minimum Gasteiger partial charge on any atom is -0.387 e. The van der Waals surface area contributed by atoms with Crippen LogP contribution in [0.4, 0.5) is 0 Å². The highest BCUT2D eigenvalue weighted by Crippen LogP contribution is 2.79. The molecule has 38 heavy (non-hydrogen) atoms. The summed E-state index contributed by atoms with van der Waals surface area (Å²) in [7, 11) is 0. The molecule has 4 aliphatic rings. The molecule has 4 nitrogen and oxygen atoms in total. The summed E-state index contributed by atoms with van der Waals surface area (Å²) in [6, 6.07) is 24.1. The minimum atomic E-state index is 0.506. The van der Waals surface area contributed by atoms with Crippen molar-refractivity contribution < 1.29 is 0 Å². The van der Waals surface area contributed by atoms with E-state index in [9.17, 15) is 0 Å². The standard InChI is InChI=1S/C34H42N4/c1-2-24-8-3-4-10-28(24)23-37-16-18-38(19-17-37)34(31-21-32(31)34)30-15-14-26(30)20-33(35)36-22-27-12-7-11-25-9-5-6-13-29(25)27/h3-13,26,30-32H,2,14-23H2,1H3,(H2,35,36)/t26?,30?,31-,32?,34?/m0/s1. The van der Waals surface area contributed by atoms with Crippen molar-refractivity contribution in [2.24, 2.45) is 34.4 Å². The molecule has 4 fully saturated rings. The molecule has 1 aliphatic heterocycles. The molecule has 3 aromatic carbocycles. The molecule has 0 bridgehead atoms. The molecule has 1 saturated heterocycles. The predicted octanol–water partition coefficient (Wildman–Crippen LogP) is 5.88. The lowest BCUT2D eigenvalue weighted by Crippen LogP contribution is -2.59. The van der Waals surface area contributed by atoms with E-state index in [1.807, 2.05) is 0 Å². The third-order valence-electron chi connectivity index (χ3n) is 10.5. The predicted molar refractivity (Wildman–Crippen MR) is 157 cm³/mol. The average Bonchev–Trinajstić information content (AvgIpc) is 3.86. The van der Waals surface area contributed by atoms with E-state index in [-0.39, 0.29) is 0 Å². The summed E-state index contributed by atoms with van der Waals surface area (Å²) in [5.74, 6) is 4.34. The first-order valence-corrected chi connectivity index (χ1v) is 15.0. The molecule has 0 aromatic heterocycles. The molecule has 0 radical (unpaired) electrons. The van der Waals surface area contributed by atoms with Crippen LogP contribution in [0.2, 0.25) is 0 Å². The summed E-state index contributed by atoms with van der Waals surface area (Å²) < 4.78 is 0. The van der Waals surface area contributed by atoms with Gasteiger partial charge < -0.3 is 5.73 Å². The lowest BCUT2D eigenvalue weighted by molar-refractivity contribution is -0.0315. The van der Waals surface area contributed by atoms with E-state index < -0.39 is 0 Å². The Bertz CT molecular complexity index is 1320. The molecule has 3 aliphatic carbocycles. The Morgan fingerprint density at radius 1 is 0.842 bits per heavy atom. The van der Waals surface area contributed by atoms with Crippen molar-refractivity contribution in [2.75, 3.05) is 26.2 Å². The maximum Gasteiger partial charge on any atom is 0.0944 e. The number of piperazine rings is 1. The first-order valence-electron chi connectivity index (χ1n) is 15.0. The lowest BCUT2D eigenvalue weighted by Gasteiger charge is -2.52. The summed E-state index contributed by atoms with van der Waals surface area (Å²) in [5.41, 5.74) is 11.4. The fourth-order valence-corrected chi connectivity index (χ4v) is 8.18. The van der Waals surface area contributed by atoms with Crippen LogP contribution in [-0.2, 0) is 19.5 Å². The number of aliphatic imine (C=N–C) groups is 1. The number of hydrogen-bond acceptors (Lipinski definition) is 3. The molecule has 2 N–H and O–H groups in total. The fourth-order valence-electron chi connectivity index (χ4n) is 8.18. The van der Waals surface area contributed by atoms with Crippen LogP contribution in [-0.4, -0.2) is 47.4 Å². The van der Waals surface area contributed by atoms with Gasteiger partial charge in [-0.05, 0) is 76.8 Å². The SMILES string of the molecule is CCc1ccccc1CN1CCN(C2(C3CCC3CC(N)=NCc3cccc4ccccc34)C3C[C@@H]32)CC1. The largest absolute Gasteiger partial charge is 0.387 e. The molecular formula is C34H42N4. The van der Waals surface area contributed by atoms with Crippen LogP contribution in [0.5, 0.6) is 0 Å². The first-order chi connectivity index (χ1) is 18.7. The number of nitrogens with zero attached hydrogens (tertiary/aromatic N) is 3. The van der Waals surface area contributed by atoms with E-state index in [0.717, 1.165) is 43.0 Å². The third kappa shape index (κ3) is 4.17. The first kappa shape index (κ1) is 24.4. The van der Waals surface area contributed by atoms with E-state index in [2.05, 4.69) is 83.5 Å². The van der Waals surface area contributed by atoms with Gasteiger partial charge in [-0.15, -0.1) is 0 Å². The topological polar surface area (TPSA) is 44.9 Å². The van der Waals surface area contributed by atoms with Gasteiger partial charge in [0.05, 0.1) is 12.4 Å². The number of hydrogen-bond donors (Lipinski definition) is 1. The van der Waals surface area contributed by atoms with Crippen molar-refractivity contribution in [1.82, 2.24) is 9.80 Å². The number of amidine groups is 1. The number of benzene rings is 3. The fraction of sp³-hybridized carbons (Fsp3) is 0.500. The van der Waals surface area contributed by atoms with Crippen LogP contribution in [0.25, 0.3) is 10.8 Å². The lowest BCUT2D eigenvalue weighted by atomic mass is 9.63. The van der Waals surface area contributed by atoms with Gasteiger partial charge in [-0.25, -0.2) is 0 Å². The number of rotatable bonds is 9. The van der Waals surface area contributed by atoms with Gasteiger partial charge in [0, 0.05) is 44.7 Å². The van der Waals surface area contributed by atoms with Crippen molar-refractivity contribution in [1.29, 1.82) is 0 Å².